The third-order valence-corrected chi connectivity index (χ3v) is 6.32. The first kappa shape index (κ1) is 17.8. The van der Waals surface area contributed by atoms with Gasteiger partial charge < -0.3 is 4.90 Å². The summed E-state index contributed by atoms with van der Waals surface area (Å²) in [5.74, 6) is -0.0285. The molecule has 0 saturated heterocycles. The summed E-state index contributed by atoms with van der Waals surface area (Å²) in [4.78, 5) is 16.0. The van der Waals surface area contributed by atoms with Gasteiger partial charge in [0.05, 0.1) is 10.9 Å². The number of carbonyl (C=O) groups is 1. The van der Waals surface area contributed by atoms with Crippen molar-refractivity contribution >= 4 is 33.3 Å². The topological polar surface area (TPSA) is 80.5 Å². The van der Waals surface area contributed by atoms with Crippen LogP contribution in [0.2, 0.25) is 0 Å². The number of sulfonamides is 1. The van der Waals surface area contributed by atoms with Crippen molar-refractivity contribution in [1.82, 2.24) is 4.90 Å². The van der Waals surface area contributed by atoms with Crippen LogP contribution in [0.5, 0.6) is 0 Å². The molecule has 0 bridgehead atoms. The molecule has 2 aromatic rings. The molecule has 1 aliphatic rings. The average molecular weight is 377 g/mol. The van der Waals surface area contributed by atoms with Crippen molar-refractivity contribution in [2.24, 2.45) is 5.14 Å². The number of rotatable bonds is 4. The fourth-order valence-electron chi connectivity index (χ4n) is 3.13. The second-order valence-corrected chi connectivity index (χ2v) is 8.51. The molecule has 1 amide bonds. The SMILES string of the molecule is CC[C@@H]1c2ccsc2CCN1C(=O)/C=C/c1ccc(S(N)(=O)=O)cc1. The van der Waals surface area contributed by atoms with Gasteiger partial charge in [-0.25, -0.2) is 13.6 Å². The number of thiophene rings is 1. The number of benzene rings is 1. The Hall–Kier alpha value is -1.96. The first-order chi connectivity index (χ1) is 11.9. The van der Waals surface area contributed by atoms with Crippen LogP contribution < -0.4 is 5.14 Å². The van der Waals surface area contributed by atoms with E-state index in [2.05, 4.69) is 18.4 Å². The first-order valence-corrected chi connectivity index (χ1v) is 10.5. The predicted octanol–water partition coefficient (Wildman–Crippen LogP) is 2.94. The van der Waals surface area contributed by atoms with Gasteiger partial charge in [0, 0.05) is 17.5 Å². The van der Waals surface area contributed by atoms with Crippen molar-refractivity contribution in [2.45, 2.75) is 30.7 Å². The zero-order valence-electron chi connectivity index (χ0n) is 13.9. The van der Waals surface area contributed by atoms with Crippen molar-refractivity contribution in [2.75, 3.05) is 6.54 Å². The maximum absolute atomic E-state index is 12.6. The van der Waals surface area contributed by atoms with Gasteiger partial charge in [-0.1, -0.05) is 19.1 Å². The lowest BCUT2D eigenvalue weighted by Crippen LogP contribution is -2.38. The van der Waals surface area contributed by atoms with Crippen LogP contribution in [0.4, 0.5) is 0 Å². The molecule has 0 spiro atoms. The maximum Gasteiger partial charge on any atom is 0.247 e. The lowest BCUT2D eigenvalue weighted by molar-refractivity contribution is -0.128. The highest BCUT2D eigenvalue weighted by molar-refractivity contribution is 7.89. The van der Waals surface area contributed by atoms with Gasteiger partial charge >= 0.3 is 0 Å². The Balaban J connectivity index is 1.75. The molecule has 5 nitrogen and oxygen atoms in total. The first-order valence-electron chi connectivity index (χ1n) is 8.08. The fraction of sp³-hybridized carbons (Fsp3) is 0.278. The van der Waals surface area contributed by atoms with Crippen molar-refractivity contribution in [3.05, 3.63) is 57.8 Å². The van der Waals surface area contributed by atoms with E-state index in [4.69, 9.17) is 5.14 Å². The van der Waals surface area contributed by atoms with E-state index in [1.807, 2.05) is 4.90 Å². The van der Waals surface area contributed by atoms with Crippen LogP contribution in [-0.4, -0.2) is 25.8 Å². The number of hydrogen-bond acceptors (Lipinski definition) is 4. The zero-order chi connectivity index (χ0) is 18.0. The molecule has 2 N–H and O–H groups in total. The van der Waals surface area contributed by atoms with E-state index in [-0.39, 0.29) is 16.8 Å². The second kappa shape index (κ2) is 7.11. The molecule has 0 aliphatic carbocycles. The molecular formula is C18H20N2O3S2. The number of nitrogens with two attached hydrogens (primary N) is 1. The molecule has 1 aromatic heterocycles. The third kappa shape index (κ3) is 3.84. The average Bonchev–Trinajstić information content (AvgIpc) is 3.07. The molecule has 7 heteroatoms. The molecule has 25 heavy (non-hydrogen) atoms. The summed E-state index contributed by atoms with van der Waals surface area (Å²) in [7, 11) is -3.70. The lowest BCUT2D eigenvalue weighted by atomic mass is 9.97. The number of primary sulfonamides is 1. The van der Waals surface area contributed by atoms with Crippen molar-refractivity contribution in [1.29, 1.82) is 0 Å². The fourth-order valence-corrected chi connectivity index (χ4v) is 4.58. The van der Waals surface area contributed by atoms with Gasteiger partial charge in [-0.2, -0.15) is 0 Å². The van der Waals surface area contributed by atoms with Gasteiger partial charge in [0.25, 0.3) is 0 Å². The number of amides is 1. The van der Waals surface area contributed by atoms with E-state index in [0.29, 0.717) is 0 Å². The van der Waals surface area contributed by atoms with Crippen LogP contribution in [0.1, 0.15) is 35.4 Å². The maximum atomic E-state index is 12.6. The minimum atomic E-state index is -3.70. The van der Waals surface area contributed by atoms with E-state index in [1.165, 1.54) is 22.6 Å². The summed E-state index contributed by atoms with van der Waals surface area (Å²) in [5, 5.41) is 7.17. The van der Waals surface area contributed by atoms with Crippen LogP contribution >= 0.6 is 11.3 Å². The van der Waals surface area contributed by atoms with Crippen LogP contribution in [0.25, 0.3) is 6.08 Å². The van der Waals surface area contributed by atoms with Crippen molar-refractivity contribution in [3.8, 4) is 0 Å². The molecule has 1 aromatic carbocycles. The van der Waals surface area contributed by atoms with Crippen LogP contribution in [0.3, 0.4) is 0 Å². The van der Waals surface area contributed by atoms with E-state index in [0.717, 1.165) is 24.9 Å². The Morgan fingerprint density at radius 2 is 2.04 bits per heavy atom. The second-order valence-electron chi connectivity index (χ2n) is 5.95. The molecule has 132 valence electrons. The normalized spacial score (nSPS) is 17.7. The summed E-state index contributed by atoms with van der Waals surface area (Å²) in [6.45, 7) is 2.81. The number of fused-ring (bicyclic) bond motifs is 1. The van der Waals surface area contributed by atoms with Gasteiger partial charge in [0.2, 0.25) is 15.9 Å². The molecule has 1 aliphatic heterocycles. The molecule has 2 heterocycles. The highest BCUT2D eigenvalue weighted by Crippen LogP contribution is 2.35. The summed E-state index contributed by atoms with van der Waals surface area (Å²) in [6, 6.07) is 8.38. The molecule has 0 fully saturated rings. The van der Waals surface area contributed by atoms with E-state index in [1.54, 1.807) is 35.6 Å². The number of nitrogens with zero attached hydrogens (tertiary/aromatic N) is 1. The highest BCUT2D eigenvalue weighted by atomic mass is 32.2. The highest BCUT2D eigenvalue weighted by Gasteiger charge is 2.29. The standard InChI is InChI=1S/C18H20N2O3S2/c1-2-16-15-10-12-24-17(15)9-11-20(16)18(21)8-5-13-3-6-14(7-4-13)25(19,22)23/h3-8,10,12,16H,2,9,11H2,1H3,(H2,19,22,23)/b8-5+/t16-/m1/s1. The molecular weight excluding hydrogens is 356 g/mol. The molecule has 0 saturated carbocycles. The minimum Gasteiger partial charge on any atom is -0.332 e. The smallest absolute Gasteiger partial charge is 0.247 e. The third-order valence-electron chi connectivity index (χ3n) is 4.39. The number of carbonyl (C=O) groups excluding carboxylic acids is 1. The minimum absolute atomic E-state index is 0.0285. The Kier molecular flexibility index (Phi) is 5.08. The molecule has 0 unspecified atom stereocenters. The van der Waals surface area contributed by atoms with Gasteiger partial charge in [-0.3, -0.25) is 4.79 Å². The summed E-state index contributed by atoms with van der Waals surface area (Å²) in [5.41, 5.74) is 2.01. The molecule has 0 radical (unpaired) electrons. The van der Waals surface area contributed by atoms with E-state index in [9.17, 15) is 13.2 Å². The lowest BCUT2D eigenvalue weighted by Gasteiger charge is -2.34. The van der Waals surface area contributed by atoms with Gasteiger partial charge in [-0.05, 0) is 53.6 Å². The largest absolute Gasteiger partial charge is 0.332 e. The summed E-state index contributed by atoms with van der Waals surface area (Å²) in [6.07, 6.45) is 5.02. The Morgan fingerprint density at radius 1 is 1.32 bits per heavy atom. The van der Waals surface area contributed by atoms with Crippen molar-refractivity contribution in [3.63, 3.8) is 0 Å². The van der Waals surface area contributed by atoms with Gasteiger partial charge in [0.15, 0.2) is 0 Å². The Morgan fingerprint density at radius 3 is 2.68 bits per heavy atom. The molecule has 3 rings (SSSR count). The quantitative estimate of drug-likeness (QED) is 0.833. The molecule has 1 atom stereocenters. The summed E-state index contributed by atoms with van der Waals surface area (Å²) >= 11 is 1.76. The predicted molar refractivity (Wildman–Crippen MR) is 99.6 cm³/mol. The number of hydrogen-bond donors (Lipinski definition) is 1. The Bertz CT molecular complexity index is 899. The van der Waals surface area contributed by atoms with Crippen LogP contribution in [-0.2, 0) is 21.2 Å². The van der Waals surface area contributed by atoms with Crippen LogP contribution in [0, 0.1) is 0 Å². The summed E-state index contributed by atoms with van der Waals surface area (Å²) < 4.78 is 22.5. The zero-order valence-corrected chi connectivity index (χ0v) is 15.5. The van der Waals surface area contributed by atoms with Crippen molar-refractivity contribution < 1.29 is 13.2 Å². The van der Waals surface area contributed by atoms with E-state index < -0.39 is 10.0 Å². The monoisotopic (exact) mass is 376 g/mol. The van der Waals surface area contributed by atoms with Gasteiger partial charge in [0.1, 0.15) is 0 Å². The van der Waals surface area contributed by atoms with E-state index >= 15 is 0 Å². The Labute approximate surface area is 151 Å². The van der Waals surface area contributed by atoms with Crippen LogP contribution in [0.15, 0.2) is 46.7 Å². The van der Waals surface area contributed by atoms with Gasteiger partial charge in [-0.15, -0.1) is 11.3 Å².